The van der Waals surface area contributed by atoms with Gasteiger partial charge in [-0.15, -0.1) is 0 Å². The van der Waals surface area contributed by atoms with Crippen LogP contribution in [0, 0.1) is 28.6 Å². The Kier molecular flexibility index (Phi) is 5.69. The number of benzene rings is 1. The van der Waals surface area contributed by atoms with E-state index in [0.717, 1.165) is 0 Å². The van der Waals surface area contributed by atoms with E-state index in [0.29, 0.717) is 18.7 Å². The van der Waals surface area contributed by atoms with E-state index in [9.17, 15) is 8.42 Å². The Morgan fingerprint density at radius 3 is 2.65 bits per heavy atom. The van der Waals surface area contributed by atoms with E-state index in [4.69, 9.17) is 10.5 Å². The summed E-state index contributed by atoms with van der Waals surface area (Å²) in [5, 5.41) is 17.5. The summed E-state index contributed by atoms with van der Waals surface area (Å²) in [6, 6.07) is 10.0. The van der Waals surface area contributed by atoms with Crippen molar-refractivity contribution in [2.75, 3.05) is 25.9 Å². The van der Waals surface area contributed by atoms with E-state index in [2.05, 4.69) is 6.07 Å². The highest BCUT2D eigenvalue weighted by atomic mass is 32.2. The van der Waals surface area contributed by atoms with Crippen LogP contribution in [0.3, 0.4) is 0 Å². The van der Waals surface area contributed by atoms with E-state index >= 15 is 0 Å². The van der Waals surface area contributed by atoms with E-state index in [1.54, 1.807) is 26.1 Å². The van der Waals surface area contributed by atoms with E-state index < -0.39 is 9.84 Å². The molecule has 106 valence electrons. The van der Waals surface area contributed by atoms with Crippen LogP contribution in [-0.4, -0.2) is 39.2 Å². The van der Waals surface area contributed by atoms with Crippen LogP contribution in [0.5, 0.6) is 0 Å². The molecule has 0 bridgehead atoms. The zero-order valence-corrected chi connectivity index (χ0v) is 12.4. The van der Waals surface area contributed by atoms with E-state index in [1.807, 2.05) is 11.0 Å². The van der Waals surface area contributed by atoms with Gasteiger partial charge < -0.3 is 4.90 Å². The molecule has 20 heavy (non-hydrogen) atoms. The fraction of sp³-hybridized carbons (Fsp3) is 0.429. The van der Waals surface area contributed by atoms with Gasteiger partial charge in [-0.05, 0) is 32.2 Å². The van der Waals surface area contributed by atoms with Crippen molar-refractivity contribution >= 4 is 9.84 Å². The van der Waals surface area contributed by atoms with Gasteiger partial charge in [0.05, 0.1) is 34.3 Å². The van der Waals surface area contributed by atoms with Gasteiger partial charge in [0, 0.05) is 13.1 Å². The number of nitriles is 2. The highest BCUT2D eigenvalue weighted by Crippen LogP contribution is 2.13. The van der Waals surface area contributed by atoms with Gasteiger partial charge in [-0.3, -0.25) is 0 Å². The lowest BCUT2D eigenvalue weighted by molar-refractivity contribution is 0.327. The van der Waals surface area contributed by atoms with Crippen LogP contribution in [0.4, 0.5) is 0 Å². The second-order valence-corrected chi connectivity index (χ2v) is 6.86. The topological polar surface area (TPSA) is 85.0 Å². The van der Waals surface area contributed by atoms with Crippen molar-refractivity contribution in [3.05, 3.63) is 29.8 Å². The molecule has 0 aliphatic heterocycles. The standard InChI is InChI=1S/C14H17N3O2S/c1-12(9-15)11-17(2)6-7-20(18,19)14-5-3-4-13(8-14)10-16/h3-5,8,12H,6-7,11H2,1-2H3. The monoisotopic (exact) mass is 291 g/mol. The Morgan fingerprint density at radius 2 is 2.05 bits per heavy atom. The average Bonchev–Trinajstić information content (AvgIpc) is 2.45. The Bertz CT molecular complexity index is 641. The van der Waals surface area contributed by atoms with Crippen LogP contribution in [0.2, 0.25) is 0 Å². The molecule has 5 nitrogen and oxygen atoms in total. The van der Waals surface area contributed by atoms with Crippen molar-refractivity contribution in [1.82, 2.24) is 4.90 Å². The fourth-order valence-corrected chi connectivity index (χ4v) is 3.13. The SMILES string of the molecule is CC(C#N)CN(C)CCS(=O)(=O)c1cccc(C#N)c1. The van der Waals surface area contributed by atoms with Crippen LogP contribution in [0.1, 0.15) is 12.5 Å². The normalized spacial score (nSPS) is 12.7. The van der Waals surface area contributed by atoms with Crippen LogP contribution in [0.25, 0.3) is 0 Å². The fourth-order valence-electron chi connectivity index (χ4n) is 1.75. The lowest BCUT2D eigenvalue weighted by atomic mass is 10.2. The third kappa shape index (κ3) is 4.65. The first-order chi connectivity index (χ1) is 9.39. The molecule has 0 heterocycles. The number of sulfone groups is 1. The Hall–Kier alpha value is -1.89. The van der Waals surface area contributed by atoms with Crippen molar-refractivity contribution < 1.29 is 8.42 Å². The van der Waals surface area contributed by atoms with Crippen LogP contribution >= 0.6 is 0 Å². The predicted molar refractivity (Wildman–Crippen MR) is 75.5 cm³/mol. The molecule has 1 aromatic carbocycles. The van der Waals surface area contributed by atoms with Gasteiger partial charge in [-0.2, -0.15) is 10.5 Å². The zero-order valence-electron chi connectivity index (χ0n) is 11.6. The summed E-state index contributed by atoms with van der Waals surface area (Å²) in [6.45, 7) is 2.68. The van der Waals surface area contributed by atoms with Crippen molar-refractivity contribution in [1.29, 1.82) is 10.5 Å². The van der Waals surface area contributed by atoms with Crippen molar-refractivity contribution in [3.63, 3.8) is 0 Å². The first-order valence-electron chi connectivity index (χ1n) is 6.20. The smallest absolute Gasteiger partial charge is 0.179 e. The van der Waals surface area contributed by atoms with Gasteiger partial charge in [-0.1, -0.05) is 6.07 Å². The summed E-state index contributed by atoms with van der Waals surface area (Å²) < 4.78 is 24.3. The number of rotatable bonds is 6. The maximum atomic E-state index is 12.2. The summed E-state index contributed by atoms with van der Waals surface area (Å²) in [5.74, 6) is -0.166. The molecule has 0 fully saturated rings. The van der Waals surface area contributed by atoms with Gasteiger partial charge in [0.1, 0.15) is 0 Å². The third-order valence-corrected chi connectivity index (χ3v) is 4.56. The minimum Gasteiger partial charge on any atom is -0.304 e. The molecule has 0 saturated carbocycles. The Balaban J connectivity index is 2.71. The molecule has 0 radical (unpaired) electrons. The minimum absolute atomic E-state index is 0.0312. The minimum atomic E-state index is -3.41. The molecule has 6 heteroatoms. The zero-order chi connectivity index (χ0) is 15.2. The molecule has 1 atom stereocenters. The molecule has 1 aromatic rings. The van der Waals surface area contributed by atoms with Crippen molar-refractivity contribution in [2.24, 2.45) is 5.92 Å². The maximum Gasteiger partial charge on any atom is 0.179 e. The lowest BCUT2D eigenvalue weighted by Gasteiger charge is -2.17. The predicted octanol–water partition coefficient (Wildman–Crippen LogP) is 1.42. The number of nitrogens with zero attached hydrogens (tertiary/aromatic N) is 3. The quantitative estimate of drug-likeness (QED) is 0.791. The number of hydrogen-bond acceptors (Lipinski definition) is 5. The Morgan fingerprint density at radius 1 is 1.35 bits per heavy atom. The largest absolute Gasteiger partial charge is 0.304 e. The van der Waals surface area contributed by atoms with Gasteiger partial charge in [0.2, 0.25) is 0 Å². The third-order valence-electron chi connectivity index (χ3n) is 2.87. The molecule has 0 amide bonds. The van der Waals surface area contributed by atoms with Gasteiger partial charge in [0.15, 0.2) is 9.84 Å². The summed E-state index contributed by atoms with van der Waals surface area (Å²) in [5.41, 5.74) is 0.331. The molecule has 1 rings (SSSR count). The molecular formula is C14H17N3O2S. The second-order valence-electron chi connectivity index (χ2n) is 4.75. The van der Waals surface area contributed by atoms with E-state index in [-0.39, 0.29) is 16.6 Å². The van der Waals surface area contributed by atoms with Crippen molar-refractivity contribution in [2.45, 2.75) is 11.8 Å². The average molecular weight is 291 g/mol. The molecule has 0 saturated heterocycles. The summed E-state index contributed by atoms with van der Waals surface area (Å²) in [7, 11) is -1.62. The molecule has 0 aliphatic carbocycles. The number of hydrogen-bond donors (Lipinski definition) is 0. The molecule has 0 N–H and O–H groups in total. The van der Waals surface area contributed by atoms with Gasteiger partial charge >= 0.3 is 0 Å². The highest BCUT2D eigenvalue weighted by molar-refractivity contribution is 7.91. The maximum absolute atomic E-state index is 12.2. The lowest BCUT2D eigenvalue weighted by Crippen LogP contribution is -2.29. The molecule has 0 spiro atoms. The molecule has 1 unspecified atom stereocenters. The van der Waals surface area contributed by atoms with Gasteiger partial charge in [0.25, 0.3) is 0 Å². The molecule has 0 aromatic heterocycles. The first-order valence-corrected chi connectivity index (χ1v) is 7.85. The van der Waals surface area contributed by atoms with Crippen LogP contribution in [0.15, 0.2) is 29.2 Å². The van der Waals surface area contributed by atoms with Gasteiger partial charge in [-0.25, -0.2) is 8.42 Å². The second kappa shape index (κ2) is 7.04. The first kappa shape index (κ1) is 16.2. The van der Waals surface area contributed by atoms with Crippen molar-refractivity contribution in [3.8, 4) is 12.1 Å². The van der Waals surface area contributed by atoms with Crippen LogP contribution < -0.4 is 0 Å². The highest BCUT2D eigenvalue weighted by Gasteiger charge is 2.16. The summed E-state index contributed by atoms with van der Waals surface area (Å²) >= 11 is 0. The van der Waals surface area contributed by atoms with E-state index in [1.165, 1.54) is 12.1 Å². The van der Waals surface area contributed by atoms with Crippen LogP contribution in [-0.2, 0) is 9.84 Å². The Labute approximate surface area is 120 Å². The molecule has 0 aliphatic rings. The molecular weight excluding hydrogens is 274 g/mol. The summed E-state index contributed by atoms with van der Waals surface area (Å²) in [6.07, 6.45) is 0. The summed E-state index contributed by atoms with van der Waals surface area (Å²) in [4.78, 5) is 1.98.